The van der Waals surface area contributed by atoms with Crippen LogP contribution in [-0.2, 0) is 16.1 Å². The molecule has 8 heteroatoms. The van der Waals surface area contributed by atoms with Crippen molar-refractivity contribution in [2.24, 2.45) is 0 Å². The van der Waals surface area contributed by atoms with Crippen LogP contribution in [0.2, 0.25) is 0 Å². The van der Waals surface area contributed by atoms with E-state index in [1.165, 1.54) is 13.3 Å². The van der Waals surface area contributed by atoms with Crippen molar-refractivity contribution in [2.45, 2.75) is 20.4 Å². The van der Waals surface area contributed by atoms with Crippen molar-refractivity contribution in [3.63, 3.8) is 0 Å². The number of carbonyl (C=O) groups is 2. The van der Waals surface area contributed by atoms with Gasteiger partial charge in [-0.05, 0) is 38.1 Å². The van der Waals surface area contributed by atoms with Gasteiger partial charge in [0.2, 0.25) is 5.43 Å². The molecular weight excluding hydrogens is 374 g/mol. The van der Waals surface area contributed by atoms with Crippen molar-refractivity contribution in [3.8, 4) is 5.75 Å². The van der Waals surface area contributed by atoms with Gasteiger partial charge in [0.15, 0.2) is 6.61 Å². The third-order valence-corrected chi connectivity index (χ3v) is 4.34. The summed E-state index contributed by atoms with van der Waals surface area (Å²) in [6, 6.07) is 10.2. The average Bonchev–Trinajstić information content (AvgIpc) is 2.72. The van der Waals surface area contributed by atoms with Crippen molar-refractivity contribution in [1.82, 2.24) is 9.55 Å². The van der Waals surface area contributed by atoms with Crippen molar-refractivity contribution in [3.05, 3.63) is 64.1 Å². The molecule has 1 N–H and O–H groups in total. The number of fused-ring (bicyclic) bond motifs is 1. The molecule has 0 aliphatic heterocycles. The van der Waals surface area contributed by atoms with E-state index in [4.69, 9.17) is 9.47 Å². The summed E-state index contributed by atoms with van der Waals surface area (Å²) in [5, 5.41) is 2.93. The van der Waals surface area contributed by atoms with E-state index in [9.17, 15) is 14.4 Å². The topological polar surface area (TPSA) is 99.5 Å². The second-order valence-electron chi connectivity index (χ2n) is 6.31. The highest BCUT2D eigenvalue weighted by molar-refractivity contribution is 5.97. The standard InChI is InChI=1S/C21H21N3O5/c1-4-24-11-15(19(26)14-10-9-13(2)22-20(14)24)21(27)29-12-18(25)23-16-7-5-6-8-17(16)28-3/h5-11H,4,12H2,1-3H3,(H,23,25). The van der Waals surface area contributed by atoms with Crippen molar-refractivity contribution >= 4 is 28.6 Å². The van der Waals surface area contributed by atoms with Gasteiger partial charge < -0.3 is 19.4 Å². The first-order valence-electron chi connectivity index (χ1n) is 9.05. The van der Waals surface area contributed by atoms with Gasteiger partial charge in [-0.3, -0.25) is 9.59 Å². The molecule has 0 aliphatic rings. The SMILES string of the molecule is CCn1cc(C(=O)OCC(=O)Nc2ccccc2OC)c(=O)c2ccc(C)nc21. The van der Waals surface area contributed by atoms with Crippen LogP contribution >= 0.6 is 0 Å². The number of pyridine rings is 2. The molecule has 3 aromatic rings. The Labute approximate surface area is 167 Å². The fraction of sp³-hybridized carbons (Fsp3) is 0.238. The zero-order valence-corrected chi connectivity index (χ0v) is 16.4. The largest absolute Gasteiger partial charge is 0.495 e. The number of carbonyl (C=O) groups excluding carboxylic acids is 2. The lowest BCUT2D eigenvalue weighted by molar-refractivity contribution is -0.119. The summed E-state index contributed by atoms with van der Waals surface area (Å²) in [6.45, 7) is 3.69. The number of hydrogen-bond acceptors (Lipinski definition) is 6. The summed E-state index contributed by atoms with van der Waals surface area (Å²) in [5.41, 5.74) is 1.10. The molecular formula is C21H21N3O5. The van der Waals surface area contributed by atoms with E-state index < -0.39 is 23.9 Å². The fourth-order valence-electron chi connectivity index (χ4n) is 2.89. The molecule has 150 valence electrons. The molecule has 0 atom stereocenters. The number of nitrogens with one attached hydrogen (secondary N) is 1. The molecule has 0 fully saturated rings. The molecule has 0 spiro atoms. The van der Waals surface area contributed by atoms with Gasteiger partial charge in [-0.2, -0.15) is 0 Å². The zero-order valence-electron chi connectivity index (χ0n) is 16.4. The van der Waals surface area contributed by atoms with E-state index in [0.29, 0.717) is 29.0 Å². The van der Waals surface area contributed by atoms with E-state index in [-0.39, 0.29) is 5.56 Å². The summed E-state index contributed by atoms with van der Waals surface area (Å²) >= 11 is 0. The highest BCUT2D eigenvalue weighted by atomic mass is 16.5. The first-order chi connectivity index (χ1) is 13.9. The molecule has 3 rings (SSSR count). The van der Waals surface area contributed by atoms with E-state index in [0.717, 1.165) is 5.69 Å². The van der Waals surface area contributed by atoms with Crippen molar-refractivity contribution < 1.29 is 19.1 Å². The van der Waals surface area contributed by atoms with E-state index in [2.05, 4.69) is 10.3 Å². The Balaban J connectivity index is 1.78. The van der Waals surface area contributed by atoms with Crippen LogP contribution < -0.4 is 15.5 Å². The molecule has 8 nitrogen and oxygen atoms in total. The Morgan fingerprint density at radius 3 is 2.66 bits per heavy atom. The lowest BCUT2D eigenvalue weighted by Gasteiger charge is -2.12. The highest BCUT2D eigenvalue weighted by Crippen LogP contribution is 2.22. The van der Waals surface area contributed by atoms with Crippen LogP contribution in [0.25, 0.3) is 11.0 Å². The van der Waals surface area contributed by atoms with E-state index in [1.807, 2.05) is 13.8 Å². The number of aryl methyl sites for hydroxylation is 2. The number of rotatable bonds is 6. The summed E-state index contributed by atoms with van der Waals surface area (Å²) in [4.78, 5) is 41.7. The van der Waals surface area contributed by atoms with Crippen LogP contribution in [0.15, 0.2) is 47.4 Å². The van der Waals surface area contributed by atoms with Gasteiger partial charge in [0.25, 0.3) is 5.91 Å². The maximum atomic E-state index is 12.7. The Hall–Kier alpha value is -3.68. The molecule has 1 aromatic carbocycles. The van der Waals surface area contributed by atoms with Crippen molar-refractivity contribution in [1.29, 1.82) is 0 Å². The van der Waals surface area contributed by atoms with Crippen LogP contribution in [-0.4, -0.2) is 35.1 Å². The number of para-hydroxylation sites is 2. The number of esters is 1. The number of hydrogen-bond donors (Lipinski definition) is 1. The molecule has 2 aromatic heterocycles. The van der Waals surface area contributed by atoms with Crippen LogP contribution in [0.3, 0.4) is 0 Å². The molecule has 0 saturated heterocycles. The second-order valence-corrected chi connectivity index (χ2v) is 6.31. The molecule has 2 heterocycles. The summed E-state index contributed by atoms with van der Waals surface area (Å²) < 4.78 is 11.9. The number of benzene rings is 1. The minimum atomic E-state index is -0.866. The Morgan fingerprint density at radius 2 is 1.93 bits per heavy atom. The minimum absolute atomic E-state index is 0.143. The number of ether oxygens (including phenoxy) is 2. The quantitative estimate of drug-likeness (QED) is 0.644. The van der Waals surface area contributed by atoms with Crippen LogP contribution in [0.5, 0.6) is 5.75 Å². The maximum Gasteiger partial charge on any atom is 0.344 e. The number of aromatic nitrogens is 2. The molecule has 0 radical (unpaired) electrons. The molecule has 0 unspecified atom stereocenters. The van der Waals surface area contributed by atoms with Crippen LogP contribution in [0.4, 0.5) is 5.69 Å². The van der Waals surface area contributed by atoms with E-state index in [1.54, 1.807) is 41.0 Å². The predicted molar refractivity (Wildman–Crippen MR) is 108 cm³/mol. The van der Waals surface area contributed by atoms with Gasteiger partial charge in [-0.15, -0.1) is 0 Å². The predicted octanol–water partition coefficient (Wildman–Crippen LogP) is 2.53. The first kappa shape index (κ1) is 20.1. The van der Waals surface area contributed by atoms with Gasteiger partial charge in [0.05, 0.1) is 18.2 Å². The second kappa shape index (κ2) is 8.55. The maximum absolute atomic E-state index is 12.7. The molecule has 0 bridgehead atoms. The average molecular weight is 395 g/mol. The Morgan fingerprint density at radius 1 is 1.17 bits per heavy atom. The fourth-order valence-corrected chi connectivity index (χ4v) is 2.89. The number of amides is 1. The van der Waals surface area contributed by atoms with Gasteiger partial charge in [0.1, 0.15) is 17.0 Å². The van der Waals surface area contributed by atoms with Gasteiger partial charge in [0, 0.05) is 18.4 Å². The van der Waals surface area contributed by atoms with Gasteiger partial charge in [-0.25, -0.2) is 9.78 Å². The summed E-state index contributed by atoms with van der Waals surface area (Å²) in [7, 11) is 1.49. The summed E-state index contributed by atoms with van der Waals surface area (Å²) in [5.74, 6) is -0.929. The van der Waals surface area contributed by atoms with Crippen molar-refractivity contribution in [2.75, 3.05) is 19.0 Å². The third kappa shape index (κ3) is 4.26. The first-order valence-corrected chi connectivity index (χ1v) is 9.05. The molecule has 1 amide bonds. The molecule has 29 heavy (non-hydrogen) atoms. The lowest BCUT2D eigenvalue weighted by Crippen LogP contribution is -2.25. The molecule has 0 saturated carbocycles. The number of nitrogens with zero attached hydrogens (tertiary/aromatic N) is 2. The van der Waals surface area contributed by atoms with E-state index >= 15 is 0 Å². The number of anilines is 1. The van der Waals surface area contributed by atoms with Gasteiger partial charge >= 0.3 is 5.97 Å². The lowest BCUT2D eigenvalue weighted by atomic mass is 10.2. The number of methoxy groups -OCH3 is 1. The molecule has 0 aliphatic carbocycles. The Bertz CT molecular complexity index is 1140. The van der Waals surface area contributed by atoms with Crippen LogP contribution in [0, 0.1) is 6.92 Å². The Kier molecular flexibility index (Phi) is 5.92. The summed E-state index contributed by atoms with van der Waals surface area (Å²) in [6.07, 6.45) is 1.41. The monoisotopic (exact) mass is 395 g/mol. The third-order valence-electron chi connectivity index (χ3n) is 4.34. The highest BCUT2D eigenvalue weighted by Gasteiger charge is 2.18. The normalized spacial score (nSPS) is 10.6. The zero-order chi connectivity index (χ0) is 21.0. The van der Waals surface area contributed by atoms with Crippen LogP contribution in [0.1, 0.15) is 23.0 Å². The van der Waals surface area contributed by atoms with Gasteiger partial charge in [-0.1, -0.05) is 12.1 Å². The smallest absolute Gasteiger partial charge is 0.344 e. The minimum Gasteiger partial charge on any atom is -0.495 e.